The molecule has 3 rings (SSSR count). The third-order valence-electron chi connectivity index (χ3n) is 5.05. The van der Waals surface area contributed by atoms with Crippen LogP contribution in [0, 0.1) is 5.92 Å². The van der Waals surface area contributed by atoms with Crippen molar-refractivity contribution in [3.05, 3.63) is 71.3 Å². The lowest BCUT2D eigenvalue weighted by Gasteiger charge is -2.22. The minimum atomic E-state index is 0. The van der Waals surface area contributed by atoms with E-state index < -0.39 is 0 Å². The number of hydrogen-bond donors (Lipinski definition) is 1. The van der Waals surface area contributed by atoms with Crippen LogP contribution in [-0.2, 0) is 29.2 Å². The van der Waals surface area contributed by atoms with E-state index in [1.807, 2.05) is 32.3 Å². The quantitative estimate of drug-likeness (QED) is 0.205. The molecule has 0 amide bonds. The molecule has 30 heavy (non-hydrogen) atoms. The summed E-state index contributed by atoms with van der Waals surface area (Å²) in [6.07, 6.45) is 2.66. The molecule has 0 aliphatic heterocycles. The average molecular weight is 523 g/mol. The van der Waals surface area contributed by atoms with Crippen LogP contribution in [-0.4, -0.2) is 44.7 Å². The highest BCUT2D eigenvalue weighted by molar-refractivity contribution is 14.0. The number of nitrogens with one attached hydrogen (secondary N) is 1. The maximum Gasteiger partial charge on any atom is 0.193 e. The Kier molecular flexibility index (Phi) is 11.2. The highest BCUT2D eigenvalue weighted by Crippen LogP contribution is 2.28. The maximum atomic E-state index is 5.80. The molecule has 0 atom stereocenters. The molecule has 1 saturated carbocycles. The molecule has 0 aromatic heterocycles. The molecule has 1 N–H and O–H groups in total. The second kappa shape index (κ2) is 13.6. The van der Waals surface area contributed by atoms with Gasteiger partial charge in [-0.3, -0.25) is 4.99 Å². The van der Waals surface area contributed by atoms with Crippen molar-refractivity contribution in [1.82, 2.24) is 10.2 Å². The fourth-order valence-electron chi connectivity index (χ4n) is 3.02. The van der Waals surface area contributed by atoms with Gasteiger partial charge in [-0.1, -0.05) is 54.6 Å². The topological polar surface area (TPSA) is 46.1 Å². The van der Waals surface area contributed by atoms with E-state index in [0.29, 0.717) is 13.2 Å². The standard InChI is InChI=1S/C24H33N3O2.HI/c1-25-24(27(2)14-15-28-17-22-12-13-22)26-16-20-8-10-23(11-9-20)19-29-18-21-6-4-3-5-7-21;/h3-11,22H,12-19H2,1-2H3,(H,25,26);1H. The molecule has 0 spiro atoms. The van der Waals surface area contributed by atoms with Crippen LogP contribution < -0.4 is 5.32 Å². The SMILES string of the molecule is CN=C(NCc1ccc(COCc2ccccc2)cc1)N(C)CCOCC1CC1.I. The van der Waals surface area contributed by atoms with E-state index in [0.717, 1.165) is 38.2 Å². The van der Waals surface area contributed by atoms with Gasteiger partial charge in [-0.15, -0.1) is 24.0 Å². The molecule has 1 fully saturated rings. The fraction of sp³-hybridized carbons (Fsp3) is 0.458. The molecular weight excluding hydrogens is 489 g/mol. The van der Waals surface area contributed by atoms with Crippen molar-refractivity contribution in [2.24, 2.45) is 10.9 Å². The molecule has 1 aliphatic rings. The van der Waals surface area contributed by atoms with Gasteiger partial charge in [-0.05, 0) is 35.4 Å². The summed E-state index contributed by atoms with van der Waals surface area (Å²) in [6, 6.07) is 18.8. The van der Waals surface area contributed by atoms with Gasteiger partial charge in [-0.2, -0.15) is 0 Å². The fourth-order valence-corrected chi connectivity index (χ4v) is 3.02. The minimum Gasteiger partial charge on any atom is -0.379 e. The molecular formula is C24H34IN3O2. The van der Waals surface area contributed by atoms with E-state index in [1.54, 1.807) is 0 Å². The lowest BCUT2D eigenvalue weighted by molar-refractivity contribution is 0.107. The average Bonchev–Trinajstić information content (AvgIpc) is 3.58. The van der Waals surface area contributed by atoms with Gasteiger partial charge in [0.15, 0.2) is 5.96 Å². The molecule has 6 heteroatoms. The molecule has 0 radical (unpaired) electrons. The summed E-state index contributed by atoms with van der Waals surface area (Å²) in [5, 5.41) is 3.42. The Bertz CT molecular complexity index is 749. The molecule has 164 valence electrons. The van der Waals surface area contributed by atoms with Gasteiger partial charge in [0.05, 0.1) is 19.8 Å². The number of aliphatic imine (C=N–C) groups is 1. The predicted octanol–water partition coefficient (Wildman–Crippen LogP) is 4.46. The third kappa shape index (κ3) is 9.02. The van der Waals surface area contributed by atoms with E-state index in [1.165, 1.54) is 29.5 Å². The van der Waals surface area contributed by atoms with Crippen molar-refractivity contribution in [1.29, 1.82) is 0 Å². The summed E-state index contributed by atoms with van der Waals surface area (Å²) >= 11 is 0. The molecule has 1 aliphatic carbocycles. The lowest BCUT2D eigenvalue weighted by Crippen LogP contribution is -2.40. The van der Waals surface area contributed by atoms with Crippen LogP contribution >= 0.6 is 24.0 Å². The molecule has 2 aromatic rings. The number of benzene rings is 2. The smallest absolute Gasteiger partial charge is 0.193 e. The van der Waals surface area contributed by atoms with Crippen LogP contribution in [0.2, 0.25) is 0 Å². The minimum absolute atomic E-state index is 0. The molecule has 0 saturated heterocycles. The maximum absolute atomic E-state index is 5.80. The number of rotatable bonds is 11. The first kappa shape index (κ1) is 24.6. The third-order valence-corrected chi connectivity index (χ3v) is 5.05. The van der Waals surface area contributed by atoms with Gasteiger partial charge in [0.2, 0.25) is 0 Å². The van der Waals surface area contributed by atoms with Crippen molar-refractivity contribution in [2.75, 3.05) is 33.9 Å². The lowest BCUT2D eigenvalue weighted by atomic mass is 10.1. The Balaban J connectivity index is 0.00000320. The Morgan fingerprint density at radius 2 is 1.60 bits per heavy atom. The van der Waals surface area contributed by atoms with E-state index >= 15 is 0 Å². The van der Waals surface area contributed by atoms with E-state index in [9.17, 15) is 0 Å². The monoisotopic (exact) mass is 523 g/mol. The summed E-state index contributed by atoms with van der Waals surface area (Å²) in [5.41, 5.74) is 3.59. The molecule has 5 nitrogen and oxygen atoms in total. The van der Waals surface area contributed by atoms with Crippen LogP contribution in [0.4, 0.5) is 0 Å². The number of halogens is 1. The zero-order valence-electron chi connectivity index (χ0n) is 18.0. The van der Waals surface area contributed by atoms with Gasteiger partial charge in [0.1, 0.15) is 0 Å². The van der Waals surface area contributed by atoms with Crippen molar-refractivity contribution in [3.63, 3.8) is 0 Å². The summed E-state index contributed by atoms with van der Waals surface area (Å²) < 4.78 is 11.5. The number of guanidine groups is 1. The Morgan fingerprint density at radius 3 is 2.23 bits per heavy atom. The van der Waals surface area contributed by atoms with Crippen molar-refractivity contribution in [2.45, 2.75) is 32.6 Å². The van der Waals surface area contributed by atoms with Crippen LogP contribution in [0.5, 0.6) is 0 Å². The van der Waals surface area contributed by atoms with Gasteiger partial charge in [0.25, 0.3) is 0 Å². The van der Waals surface area contributed by atoms with Crippen molar-refractivity contribution < 1.29 is 9.47 Å². The van der Waals surface area contributed by atoms with E-state index in [-0.39, 0.29) is 24.0 Å². The van der Waals surface area contributed by atoms with Crippen molar-refractivity contribution in [3.8, 4) is 0 Å². The van der Waals surface area contributed by atoms with Gasteiger partial charge in [0, 0.05) is 33.8 Å². The van der Waals surface area contributed by atoms with Crippen LogP contribution in [0.15, 0.2) is 59.6 Å². The molecule has 0 unspecified atom stereocenters. The molecule has 0 bridgehead atoms. The summed E-state index contributed by atoms with van der Waals surface area (Å²) in [7, 11) is 3.86. The predicted molar refractivity (Wildman–Crippen MR) is 133 cm³/mol. The van der Waals surface area contributed by atoms with E-state index in [2.05, 4.69) is 51.6 Å². The van der Waals surface area contributed by atoms with Crippen LogP contribution in [0.25, 0.3) is 0 Å². The largest absolute Gasteiger partial charge is 0.379 e. The number of ether oxygens (including phenoxy) is 2. The zero-order chi connectivity index (χ0) is 20.3. The first-order valence-corrected chi connectivity index (χ1v) is 10.4. The van der Waals surface area contributed by atoms with Crippen LogP contribution in [0.3, 0.4) is 0 Å². The van der Waals surface area contributed by atoms with Crippen molar-refractivity contribution >= 4 is 29.9 Å². The number of likely N-dealkylation sites (N-methyl/N-ethyl adjacent to an activating group) is 1. The molecule has 2 aromatic carbocycles. The first-order chi connectivity index (χ1) is 14.2. The normalized spacial score (nSPS) is 13.6. The summed E-state index contributed by atoms with van der Waals surface area (Å²) in [6.45, 7) is 4.48. The van der Waals surface area contributed by atoms with Crippen LogP contribution in [0.1, 0.15) is 29.5 Å². The van der Waals surface area contributed by atoms with Gasteiger partial charge >= 0.3 is 0 Å². The molecule has 0 heterocycles. The Morgan fingerprint density at radius 1 is 0.967 bits per heavy atom. The highest BCUT2D eigenvalue weighted by Gasteiger charge is 2.21. The Labute approximate surface area is 197 Å². The zero-order valence-corrected chi connectivity index (χ0v) is 20.4. The second-order valence-corrected chi connectivity index (χ2v) is 7.64. The summed E-state index contributed by atoms with van der Waals surface area (Å²) in [4.78, 5) is 6.48. The van der Waals surface area contributed by atoms with E-state index in [4.69, 9.17) is 9.47 Å². The first-order valence-electron chi connectivity index (χ1n) is 10.4. The second-order valence-electron chi connectivity index (χ2n) is 7.64. The van der Waals surface area contributed by atoms with Gasteiger partial charge in [-0.25, -0.2) is 0 Å². The highest BCUT2D eigenvalue weighted by atomic mass is 127. The number of hydrogen-bond acceptors (Lipinski definition) is 3. The number of nitrogens with zero attached hydrogens (tertiary/aromatic N) is 2. The van der Waals surface area contributed by atoms with Gasteiger partial charge < -0.3 is 19.7 Å². The summed E-state index contributed by atoms with van der Waals surface area (Å²) in [5.74, 6) is 1.69. The Hall–Kier alpha value is -1.64.